The molecule has 0 aliphatic heterocycles. The monoisotopic (exact) mass is 313 g/mol. The molecule has 0 aromatic heterocycles. The first-order valence-corrected chi connectivity index (χ1v) is 8.04. The molecule has 1 rings (SSSR count). The Kier molecular flexibility index (Phi) is 5.55. The fourth-order valence-corrected chi connectivity index (χ4v) is 3.89. The number of aliphatic hydroxyl groups is 1. The van der Waals surface area contributed by atoms with Gasteiger partial charge in [-0.15, -0.1) is 6.58 Å². The van der Waals surface area contributed by atoms with Crippen molar-refractivity contribution in [3.05, 3.63) is 36.4 Å². The van der Waals surface area contributed by atoms with E-state index in [1.165, 1.54) is 23.5 Å². The van der Waals surface area contributed by atoms with Crippen molar-refractivity contribution in [3.8, 4) is 5.75 Å². The van der Waals surface area contributed by atoms with Gasteiger partial charge in [0.25, 0.3) is 0 Å². The zero-order chi connectivity index (χ0) is 16.3. The zero-order valence-corrected chi connectivity index (χ0v) is 13.8. The number of benzene rings is 1. The molecule has 0 bridgehead atoms. The van der Waals surface area contributed by atoms with Crippen molar-refractivity contribution in [2.75, 3.05) is 13.7 Å². The number of nitrogens with zero attached hydrogens (tertiary/aromatic N) is 1. The average molecular weight is 313 g/mol. The lowest BCUT2D eigenvalue weighted by Crippen LogP contribution is -2.45. The van der Waals surface area contributed by atoms with Gasteiger partial charge in [-0.25, -0.2) is 8.42 Å². The first kappa shape index (κ1) is 17.7. The van der Waals surface area contributed by atoms with E-state index in [4.69, 9.17) is 9.84 Å². The molecule has 0 saturated heterocycles. The molecule has 0 aliphatic carbocycles. The van der Waals surface area contributed by atoms with Crippen molar-refractivity contribution in [3.63, 3.8) is 0 Å². The Morgan fingerprint density at radius 1 is 1.38 bits per heavy atom. The molecule has 118 valence electrons. The van der Waals surface area contributed by atoms with E-state index in [2.05, 4.69) is 6.58 Å². The molecule has 0 heterocycles. The lowest BCUT2D eigenvalue weighted by Gasteiger charge is -2.34. The molecule has 1 aromatic carbocycles. The summed E-state index contributed by atoms with van der Waals surface area (Å²) in [6.07, 6.45) is 1.55. The molecular weight excluding hydrogens is 290 g/mol. The lowest BCUT2D eigenvalue weighted by molar-refractivity contribution is 0.268. The van der Waals surface area contributed by atoms with E-state index in [9.17, 15) is 8.42 Å². The van der Waals surface area contributed by atoms with E-state index in [1.807, 2.05) is 20.8 Å². The third-order valence-electron chi connectivity index (χ3n) is 3.02. The Hall–Kier alpha value is -1.37. The molecule has 0 radical (unpaired) electrons. The Morgan fingerprint density at radius 2 is 2.00 bits per heavy atom. The Morgan fingerprint density at radius 3 is 2.43 bits per heavy atom. The molecule has 21 heavy (non-hydrogen) atoms. The summed E-state index contributed by atoms with van der Waals surface area (Å²) < 4.78 is 32.3. The van der Waals surface area contributed by atoms with E-state index < -0.39 is 15.6 Å². The molecular formula is C15H23NO4S. The van der Waals surface area contributed by atoms with E-state index in [0.717, 1.165) is 0 Å². The van der Waals surface area contributed by atoms with Crippen molar-refractivity contribution in [2.24, 2.45) is 0 Å². The van der Waals surface area contributed by atoms with Crippen LogP contribution in [0.25, 0.3) is 0 Å². The first-order valence-electron chi connectivity index (χ1n) is 6.60. The minimum absolute atomic E-state index is 0.0824. The van der Waals surface area contributed by atoms with Crippen molar-refractivity contribution >= 4 is 10.0 Å². The molecule has 0 atom stereocenters. The fourth-order valence-electron chi connectivity index (χ4n) is 1.99. The SMILES string of the molecule is C=CCN(C(C)(C)C)S(=O)(=O)c1ccc(CO)cc1OC. The quantitative estimate of drug-likeness (QED) is 0.817. The van der Waals surface area contributed by atoms with Crippen molar-refractivity contribution in [1.29, 1.82) is 0 Å². The van der Waals surface area contributed by atoms with Crippen LogP contribution in [0.2, 0.25) is 0 Å². The predicted molar refractivity (Wildman–Crippen MR) is 82.8 cm³/mol. The van der Waals surface area contributed by atoms with Gasteiger partial charge < -0.3 is 9.84 Å². The molecule has 0 aliphatic rings. The predicted octanol–water partition coefficient (Wildman–Crippen LogP) is 2.16. The van der Waals surface area contributed by atoms with E-state index in [0.29, 0.717) is 5.56 Å². The highest BCUT2D eigenvalue weighted by Crippen LogP contribution is 2.31. The highest BCUT2D eigenvalue weighted by molar-refractivity contribution is 7.89. The second-order valence-electron chi connectivity index (χ2n) is 5.64. The van der Waals surface area contributed by atoms with Gasteiger partial charge in [0.05, 0.1) is 13.7 Å². The van der Waals surface area contributed by atoms with Gasteiger partial charge in [-0.3, -0.25) is 0 Å². The number of methoxy groups -OCH3 is 1. The van der Waals surface area contributed by atoms with E-state index >= 15 is 0 Å². The summed E-state index contributed by atoms with van der Waals surface area (Å²) in [5, 5.41) is 9.15. The second-order valence-corrected chi connectivity index (χ2v) is 7.47. The summed E-state index contributed by atoms with van der Waals surface area (Å²) in [6.45, 7) is 9.12. The van der Waals surface area contributed by atoms with Crippen molar-refractivity contribution in [2.45, 2.75) is 37.8 Å². The minimum Gasteiger partial charge on any atom is -0.495 e. The summed E-state index contributed by atoms with van der Waals surface area (Å²) >= 11 is 0. The smallest absolute Gasteiger partial charge is 0.247 e. The third-order valence-corrected chi connectivity index (χ3v) is 5.19. The van der Waals surface area contributed by atoms with Crippen LogP contribution in [0, 0.1) is 0 Å². The number of aliphatic hydroxyl groups excluding tert-OH is 1. The Bertz CT molecular complexity index is 603. The standard InChI is InChI=1S/C15H23NO4S/c1-6-9-16(15(2,3)4)21(18,19)14-8-7-12(11-17)10-13(14)20-5/h6-8,10,17H,1,9,11H2,2-5H3. The van der Waals surface area contributed by atoms with Crippen LogP contribution in [0.3, 0.4) is 0 Å². The average Bonchev–Trinajstić information content (AvgIpc) is 2.42. The van der Waals surface area contributed by atoms with Gasteiger partial charge >= 0.3 is 0 Å². The van der Waals surface area contributed by atoms with Crippen molar-refractivity contribution in [1.82, 2.24) is 4.31 Å². The van der Waals surface area contributed by atoms with Crippen LogP contribution in [0.4, 0.5) is 0 Å². The number of ether oxygens (including phenoxy) is 1. The fraction of sp³-hybridized carbons (Fsp3) is 0.467. The van der Waals surface area contributed by atoms with Gasteiger partial charge in [0.1, 0.15) is 10.6 Å². The summed E-state index contributed by atoms with van der Waals surface area (Å²) in [5.74, 6) is 0.222. The molecule has 1 N–H and O–H groups in total. The molecule has 5 nitrogen and oxygen atoms in total. The second kappa shape index (κ2) is 6.60. The number of hydrogen-bond acceptors (Lipinski definition) is 4. The summed E-state index contributed by atoms with van der Waals surface area (Å²) in [5.41, 5.74) is 0.00469. The van der Waals surface area contributed by atoms with Crippen LogP contribution < -0.4 is 4.74 Å². The third kappa shape index (κ3) is 3.84. The van der Waals surface area contributed by atoms with Crippen LogP contribution in [0.5, 0.6) is 5.75 Å². The highest BCUT2D eigenvalue weighted by atomic mass is 32.2. The molecule has 0 fully saturated rings. The molecule has 0 spiro atoms. The van der Waals surface area contributed by atoms with E-state index in [1.54, 1.807) is 12.1 Å². The summed E-state index contributed by atoms with van der Waals surface area (Å²) in [7, 11) is -2.33. The van der Waals surface area contributed by atoms with Crippen LogP contribution in [-0.4, -0.2) is 37.0 Å². The van der Waals surface area contributed by atoms with Crippen LogP contribution >= 0.6 is 0 Å². The molecule has 0 amide bonds. The van der Waals surface area contributed by atoms with Gasteiger partial charge in [0.2, 0.25) is 10.0 Å². The van der Waals surface area contributed by atoms with Gasteiger partial charge in [-0.1, -0.05) is 12.1 Å². The number of hydrogen-bond donors (Lipinski definition) is 1. The molecule has 1 aromatic rings. The largest absolute Gasteiger partial charge is 0.495 e. The number of sulfonamides is 1. The highest BCUT2D eigenvalue weighted by Gasteiger charge is 2.34. The van der Waals surface area contributed by atoms with Gasteiger partial charge in [0, 0.05) is 12.1 Å². The van der Waals surface area contributed by atoms with Crippen LogP contribution in [-0.2, 0) is 16.6 Å². The lowest BCUT2D eigenvalue weighted by atomic mass is 10.1. The minimum atomic E-state index is -3.73. The first-order chi connectivity index (χ1) is 9.68. The zero-order valence-electron chi connectivity index (χ0n) is 13.0. The van der Waals surface area contributed by atoms with Crippen molar-refractivity contribution < 1.29 is 18.3 Å². The van der Waals surface area contributed by atoms with Crippen LogP contribution in [0.1, 0.15) is 26.3 Å². The maximum absolute atomic E-state index is 12.9. The summed E-state index contributed by atoms with van der Waals surface area (Å²) in [4.78, 5) is 0.0824. The molecule has 0 saturated carbocycles. The van der Waals surface area contributed by atoms with Gasteiger partial charge in [-0.05, 0) is 38.5 Å². The molecule has 6 heteroatoms. The normalized spacial score (nSPS) is 12.5. The summed E-state index contributed by atoms with van der Waals surface area (Å²) in [6, 6.07) is 4.56. The number of rotatable bonds is 6. The molecule has 0 unspecified atom stereocenters. The van der Waals surface area contributed by atoms with Gasteiger partial charge in [-0.2, -0.15) is 4.31 Å². The Balaban J connectivity index is 3.44. The van der Waals surface area contributed by atoms with Gasteiger partial charge in [0.15, 0.2) is 0 Å². The van der Waals surface area contributed by atoms with E-state index in [-0.39, 0.29) is 23.8 Å². The topological polar surface area (TPSA) is 66.8 Å². The maximum Gasteiger partial charge on any atom is 0.247 e. The Labute approximate surface area is 126 Å². The maximum atomic E-state index is 12.9. The van der Waals surface area contributed by atoms with Crippen LogP contribution in [0.15, 0.2) is 35.7 Å².